The lowest BCUT2D eigenvalue weighted by molar-refractivity contribution is 1.27. The van der Waals surface area contributed by atoms with E-state index >= 15 is 0 Å². The van der Waals surface area contributed by atoms with Crippen LogP contribution in [-0.4, -0.2) is 4.98 Å². The van der Waals surface area contributed by atoms with Crippen molar-refractivity contribution in [1.29, 1.82) is 0 Å². The standard InChI is InChI=1S/C16H13N/c1-12-9-10-16(17-11-12)15-8-4-6-13-5-2-3-7-14(13)15/h2-11H,1H3. The molecule has 2 aromatic carbocycles. The molecular weight excluding hydrogens is 206 g/mol. The number of benzene rings is 2. The molecule has 0 N–H and O–H groups in total. The van der Waals surface area contributed by atoms with E-state index in [0.717, 1.165) is 5.69 Å². The molecule has 1 nitrogen and oxygen atoms in total. The maximum Gasteiger partial charge on any atom is 0.0708 e. The normalized spacial score (nSPS) is 10.6. The molecule has 17 heavy (non-hydrogen) atoms. The van der Waals surface area contributed by atoms with Gasteiger partial charge in [-0.15, -0.1) is 0 Å². The van der Waals surface area contributed by atoms with Crippen LogP contribution < -0.4 is 0 Å². The molecule has 1 aromatic heterocycles. The average molecular weight is 219 g/mol. The summed E-state index contributed by atoms with van der Waals surface area (Å²) in [6.07, 6.45) is 1.91. The second-order valence-corrected chi connectivity index (χ2v) is 4.25. The highest BCUT2D eigenvalue weighted by atomic mass is 14.7. The zero-order valence-electron chi connectivity index (χ0n) is 9.72. The Morgan fingerprint density at radius 1 is 0.824 bits per heavy atom. The Labute approximate surface area is 101 Å². The van der Waals surface area contributed by atoms with Crippen molar-refractivity contribution in [1.82, 2.24) is 4.98 Å². The molecule has 0 fully saturated rings. The summed E-state index contributed by atoms with van der Waals surface area (Å²) in [4.78, 5) is 4.50. The molecule has 0 radical (unpaired) electrons. The number of aryl methyl sites for hydroxylation is 1. The van der Waals surface area contributed by atoms with Crippen molar-refractivity contribution in [3.63, 3.8) is 0 Å². The molecule has 82 valence electrons. The summed E-state index contributed by atoms with van der Waals surface area (Å²) in [5.74, 6) is 0. The average Bonchev–Trinajstić information content (AvgIpc) is 2.39. The Morgan fingerprint density at radius 2 is 1.65 bits per heavy atom. The SMILES string of the molecule is Cc1ccc(-c2cccc3ccccc23)nc1. The second kappa shape index (κ2) is 4.02. The van der Waals surface area contributed by atoms with Gasteiger partial charge in [0, 0.05) is 11.8 Å². The molecule has 0 spiro atoms. The maximum absolute atomic E-state index is 4.50. The van der Waals surface area contributed by atoms with Gasteiger partial charge in [0.25, 0.3) is 0 Å². The molecule has 3 aromatic rings. The van der Waals surface area contributed by atoms with E-state index in [1.165, 1.54) is 21.9 Å². The van der Waals surface area contributed by atoms with Gasteiger partial charge in [0.05, 0.1) is 5.69 Å². The third kappa shape index (κ3) is 1.80. The van der Waals surface area contributed by atoms with Crippen LogP contribution in [-0.2, 0) is 0 Å². The van der Waals surface area contributed by atoms with Crippen LogP contribution in [0.4, 0.5) is 0 Å². The first-order chi connectivity index (χ1) is 8.34. The number of rotatable bonds is 1. The molecule has 1 heteroatoms. The Balaban J connectivity index is 2.27. The van der Waals surface area contributed by atoms with Gasteiger partial charge in [-0.3, -0.25) is 4.98 Å². The minimum atomic E-state index is 1.03. The van der Waals surface area contributed by atoms with Crippen LogP contribution in [0.25, 0.3) is 22.0 Å². The molecule has 0 aliphatic rings. The van der Waals surface area contributed by atoms with Gasteiger partial charge >= 0.3 is 0 Å². The van der Waals surface area contributed by atoms with Crippen molar-refractivity contribution < 1.29 is 0 Å². The zero-order valence-corrected chi connectivity index (χ0v) is 9.72. The van der Waals surface area contributed by atoms with Gasteiger partial charge in [-0.2, -0.15) is 0 Å². The van der Waals surface area contributed by atoms with E-state index in [2.05, 4.69) is 66.5 Å². The Hall–Kier alpha value is -2.15. The van der Waals surface area contributed by atoms with Gasteiger partial charge in [-0.25, -0.2) is 0 Å². The number of hydrogen-bond acceptors (Lipinski definition) is 1. The summed E-state index contributed by atoms with van der Waals surface area (Å²) in [5, 5.41) is 2.51. The van der Waals surface area contributed by atoms with E-state index < -0.39 is 0 Å². The van der Waals surface area contributed by atoms with E-state index in [4.69, 9.17) is 0 Å². The van der Waals surface area contributed by atoms with Crippen LogP contribution in [0.15, 0.2) is 60.8 Å². The molecule has 0 unspecified atom stereocenters. The number of fused-ring (bicyclic) bond motifs is 1. The molecule has 0 amide bonds. The summed E-state index contributed by atoms with van der Waals surface area (Å²) in [6, 6.07) is 18.9. The third-order valence-electron chi connectivity index (χ3n) is 2.98. The largest absolute Gasteiger partial charge is 0.256 e. The fraction of sp³-hybridized carbons (Fsp3) is 0.0625. The first kappa shape index (κ1) is 10.0. The smallest absolute Gasteiger partial charge is 0.0708 e. The Bertz CT molecular complexity index is 648. The fourth-order valence-corrected chi connectivity index (χ4v) is 2.08. The second-order valence-electron chi connectivity index (χ2n) is 4.25. The summed E-state index contributed by atoms with van der Waals surface area (Å²) in [5.41, 5.74) is 3.42. The van der Waals surface area contributed by atoms with E-state index in [1.54, 1.807) is 0 Å². The van der Waals surface area contributed by atoms with E-state index in [0.29, 0.717) is 0 Å². The van der Waals surface area contributed by atoms with Gasteiger partial charge in [0.1, 0.15) is 0 Å². The topological polar surface area (TPSA) is 12.9 Å². The lowest BCUT2D eigenvalue weighted by Crippen LogP contribution is -1.85. The number of aromatic nitrogens is 1. The van der Waals surface area contributed by atoms with Gasteiger partial charge in [0.2, 0.25) is 0 Å². The Morgan fingerprint density at radius 3 is 2.47 bits per heavy atom. The van der Waals surface area contributed by atoms with Crippen LogP contribution >= 0.6 is 0 Å². The quantitative estimate of drug-likeness (QED) is 0.597. The molecular formula is C16H13N. The van der Waals surface area contributed by atoms with E-state index in [-0.39, 0.29) is 0 Å². The summed E-state index contributed by atoms with van der Waals surface area (Å²) < 4.78 is 0. The molecule has 0 bridgehead atoms. The lowest BCUT2D eigenvalue weighted by Gasteiger charge is -2.06. The molecule has 1 heterocycles. The van der Waals surface area contributed by atoms with Crippen molar-refractivity contribution in [2.45, 2.75) is 6.92 Å². The van der Waals surface area contributed by atoms with Crippen LogP contribution in [0.1, 0.15) is 5.56 Å². The molecule has 0 saturated carbocycles. The number of pyridine rings is 1. The maximum atomic E-state index is 4.50. The van der Waals surface area contributed by atoms with Crippen molar-refractivity contribution in [3.05, 3.63) is 66.4 Å². The number of nitrogens with zero attached hydrogens (tertiary/aromatic N) is 1. The highest BCUT2D eigenvalue weighted by Crippen LogP contribution is 2.26. The number of hydrogen-bond donors (Lipinski definition) is 0. The highest BCUT2D eigenvalue weighted by Gasteiger charge is 2.03. The minimum absolute atomic E-state index is 1.03. The first-order valence-corrected chi connectivity index (χ1v) is 5.75. The molecule has 0 aliphatic carbocycles. The third-order valence-corrected chi connectivity index (χ3v) is 2.98. The first-order valence-electron chi connectivity index (χ1n) is 5.75. The molecule has 0 aliphatic heterocycles. The summed E-state index contributed by atoms with van der Waals surface area (Å²) in [7, 11) is 0. The predicted octanol–water partition coefficient (Wildman–Crippen LogP) is 4.21. The molecule has 0 atom stereocenters. The fourth-order valence-electron chi connectivity index (χ4n) is 2.08. The van der Waals surface area contributed by atoms with Crippen LogP contribution in [0.2, 0.25) is 0 Å². The highest BCUT2D eigenvalue weighted by molar-refractivity contribution is 5.95. The van der Waals surface area contributed by atoms with Crippen molar-refractivity contribution in [3.8, 4) is 11.3 Å². The van der Waals surface area contributed by atoms with E-state index in [9.17, 15) is 0 Å². The molecule has 3 rings (SSSR count). The Kier molecular flexibility index (Phi) is 2.37. The zero-order chi connectivity index (χ0) is 11.7. The lowest BCUT2D eigenvalue weighted by atomic mass is 10.0. The summed E-state index contributed by atoms with van der Waals surface area (Å²) in [6.45, 7) is 2.06. The van der Waals surface area contributed by atoms with Gasteiger partial charge in [0.15, 0.2) is 0 Å². The monoisotopic (exact) mass is 219 g/mol. The van der Waals surface area contributed by atoms with Crippen LogP contribution in [0.5, 0.6) is 0 Å². The van der Waals surface area contributed by atoms with Crippen molar-refractivity contribution >= 4 is 10.8 Å². The van der Waals surface area contributed by atoms with Crippen molar-refractivity contribution in [2.75, 3.05) is 0 Å². The summed E-state index contributed by atoms with van der Waals surface area (Å²) >= 11 is 0. The molecule has 0 saturated heterocycles. The van der Waals surface area contributed by atoms with Gasteiger partial charge in [-0.1, -0.05) is 48.5 Å². The predicted molar refractivity (Wildman–Crippen MR) is 71.9 cm³/mol. The van der Waals surface area contributed by atoms with E-state index in [1.807, 2.05) is 6.20 Å². The van der Waals surface area contributed by atoms with Gasteiger partial charge < -0.3 is 0 Å². The van der Waals surface area contributed by atoms with Crippen LogP contribution in [0.3, 0.4) is 0 Å². The minimum Gasteiger partial charge on any atom is -0.256 e. The van der Waals surface area contributed by atoms with Crippen molar-refractivity contribution in [2.24, 2.45) is 0 Å². The van der Waals surface area contributed by atoms with Gasteiger partial charge in [-0.05, 0) is 29.3 Å². The van der Waals surface area contributed by atoms with Crippen LogP contribution in [0, 0.1) is 6.92 Å².